The topological polar surface area (TPSA) is 45.8 Å². The van der Waals surface area contributed by atoms with Crippen molar-refractivity contribution in [2.75, 3.05) is 11.1 Å². The maximum Gasteiger partial charge on any atom is 0.346 e. The summed E-state index contributed by atoms with van der Waals surface area (Å²) in [5.74, 6) is 1.05. The predicted octanol–water partition coefficient (Wildman–Crippen LogP) is 4.30. The van der Waals surface area contributed by atoms with Crippen molar-refractivity contribution >= 4 is 27.7 Å². The molecule has 0 fully saturated rings. The number of aromatic amines is 1. The average molecular weight is 347 g/mol. The first-order chi connectivity index (χ1) is 9.22. The van der Waals surface area contributed by atoms with Gasteiger partial charge in [-0.2, -0.15) is 4.98 Å². The van der Waals surface area contributed by atoms with E-state index in [2.05, 4.69) is 25.9 Å². The molecule has 0 saturated heterocycles. The van der Waals surface area contributed by atoms with Crippen LogP contribution >= 0.6 is 27.7 Å². The summed E-state index contributed by atoms with van der Waals surface area (Å²) < 4.78 is 0. The van der Waals surface area contributed by atoms with Crippen molar-refractivity contribution in [2.24, 2.45) is 0 Å². The van der Waals surface area contributed by atoms with Crippen LogP contribution in [0.3, 0.4) is 0 Å². The lowest BCUT2D eigenvalue weighted by atomic mass is 10.1. The molecule has 1 aromatic heterocycles. The summed E-state index contributed by atoms with van der Waals surface area (Å²) >= 11 is 5.14. The number of H-pyrrole nitrogens is 1. The monoisotopic (exact) mass is 346 g/mol. The van der Waals surface area contributed by atoms with E-state index in [1.165, 1.54) is 44.9 Å². The Morgan fingerprint density at radius 2 is 1.79 bits per heavy atom. The largest absolute Gasteiger partial charge is 0.346 e. The number of halogens is 1. The van der Waals surface area contributed by atoms with Gasteiger partial charge in [0.05, 0.1) is 0 Å². The lowest BCUT2D eigenvalue weighted by molar-refractivity contribution is 0.606. The second kappa shape index (κ2) is 10.5. The maximum absolute atomic E-state index is 11.2. The Morgan fingerprint density at radius 3 is 2.42 bits per heavy atom. The highest BCUT2D eigenvalue weighted by Gasteiger charge is 1.99. The highest BCUT2D eigenvalue weighted by atomic mass is 79.9. The lowest BCUT2D eigenvalue weighted by Gasteiger charge is -2.02. The minimum Gasteiger partial charge on any atom is -0.310 e. The molecule has 0 aliphatic carbocycles. The summed E-state index contributed by atoms with van der Waals surface area (Å²) in [5.41, 5.74) is 0.642. The van der Waals surface area contributed by atoms with Crippen molar-refractivity contribution < 1.29 is 0 Å². The third kappa shape index (κ3) is 8.47. The number of nitrogens with one attached hydrogen (secondary N) is 1. The van der Waals surface area contributed by atoms with Gasteiger partial charge in [-0.15, -0.1) is 11.8 Å². The minimum absolute atomic E-state index is 0.241. The van der Waals surface area contributed by atoms with Gasteiger partial charge in [-0.1, -0.05) is 48.0 Å². The third-order valence-corrected chi connectivity index (χ3v) is 4.44. The van der Waals surface area contributed by atoms with Gasteiger partial charge in [-0.25, -0.2) is 4.79 Å². The van der Waals surface area contributed by atoms with Crippen LogP contribution in [-0.4, -0.2) is 21.1 Å². The van der Waals surface area contributed by atoms with Gasteiger partial charge < -0.3 is 4.98 Å². The Bertz CT molecular complexity index is 409. The van der Waals surface area contributed by atoms with E-state index in [9.17, 15) is 4.79 Å². The van der Waals surface area contributed by atoms with Crippen molar-refractivity contribution in [3.63, 3.8) is 0 Å². The summed E-state index contributed by atoms with van der Waals surface area (Å²) in [6.07, 6.45) is 9.15. The van der Waals surface area contributed by atoms with Crippen LogP contribution < -0.4 is 5.69 Å². The van der Waals surface area contributed by atoms with Gasteiger partial charge in [0.2, 0.25) is 0 Å². The second-order valence-electron chi connectivity index (χ2n) is 4.72. The summed E-state index contributed by atoms with van der Waals surface area (Å²) in [6.45, 7) is 1.89. The number of thioether (sulfide) groups is 1. The zero-order valence-corrected chi connectivity index (χ0v) is 14.0. The number of aromatic nitrogens is 2. The van der Waals surface area contributed by atoms with Gasteiger partial charge in [-0.05, 0) is 31.6 Å². The molecule has 5 heteroatoms. The number of rotatable bonds is 10. The first kappa shape index (κ1) is 16.8. The number of unbranched alkanes of at least 4 members (excludes halogenated alkanes) is 6. The van der Waals surface area contributed by atoms with Crippen molar-refractivity contribution in [3.8, 4) is 0 Å². The molecule has 1 heterocycles. The quantitative estimate of drug-likeness (QED) is 0.297. The molecule has 0 aliphatic rings. The van der Waals surface area contributed by atoms with Crippen molar-refractivity contribution in [2.45, 2.75) is 56.9 Å². The summed E-state index contributed by atoms with van der Waals surface area (Å²) in [7, 11) is 0. The van der Waals surface area contributed by atoms with Crippen LogP contribution in [0.1, 0.15) is 50.6 Å². The Morgan fingerprint density at radius 1 is 1.16 bits per heavy atom. The SMILES string of the molecule is Cc1cc(SCCCCCCCCCBr)nc(=O)[nH]1. The molecule has 108 valence electrons. The van der Waals surface area contributed by atoms with Crippen LogP contribution in [0.15, 0.2) is 15.9 Å². The van der Waals surface area contributed by atoms with E-state index in [0.29, 0.717) is 0 Å². The standard InChI is InChI=1S/C14H23BrN2OS/c1-12-11-13(17-14(18)16-12)19-10-8-6-4-2-3-5-7-9-15/h11H,2-10H2,1H3,(H,16,17,18). The zero-order chi connectivity index (χ0) is 13.9. The molecule has 0 unspecified atom stereocenters. The Labute approximate surface area is 128 Å². The Balaban J connectivity index is 2.03. The van der Waals surface area contributed by atoms with E-state index < -0.39 is 0 Å². The molecule has 0 aromatic carbocycles. The fourth-order valence-electron chi connectivity index (χ4n) is 1.88. The van der Waals surface area contributed by atoms with Crippen LogP contribution in [0.25, 0.3) is 0 Å². The van der Waals surface area contributed by atoms with E-state index in [-0.39, 0.29) is 5.69 Å². The van der Waals surface area contributed by atoms with Crippen LogP contribution in [0, 0.1) is 6.92 Å². The molecular formula is C14H23BrN2OS. The smallest absolute Gasteiger partial charge is 0.310 e. The number of nitrogens with zero attached hydrogens (tertiary/aromatic N) is 1. The van der Waals surface area contributed by atoms with Crippen LogP contribution in [0.2, 0.25) is 0 Å². The molecule has 0 bridgehead atoms. The van der Waals surface area contributed by atoms with Gasteiger partial charge in [0.25, 0.3) is 0 Å². The minimum atomic E-state index is -0.241. The fourth-order valence-corrected chi connectivity index (χ4v) is 3.24. The maximum atomic E-state index is 11.2. The van der Waals surface area contributed by atoms with E-state index in [4.69, 9.17) is 0 Å². The van der Waals surface area contributed by atoms with Crippen molar-refractivity contribution in [1.82, 2.24) is 9.97 Å². The van der Waals surface area contributed by atoms with Crippen molar-refractivity contribution in [1.29, 1.82) is 0 Å². The number of alkyl halides is 1. The van der Waals surface area contributed by atoms with Gasteiger partial charge in [0.15, 0.2) is 0 Å². The predicted molar refractivity (Wildman–Crippen MR) is 86.4 cm³/mol. The molecule has 0 radical (unpaired) electrons. The molecule has 1 rings (SSSR count). The molecule has 0 spiro atoms. The summed E-state index contributed by atoms with van der Waals surface area (Å²) in [6, 6.07) is 1.94. The van der Waals surface area contributed by atoms with Crippen LogP contribution in [-0.2, 0) is 0 Å². The zero-order valence-electron chi connectivity index (χ0n) is 11.6. The third-order valence-electron chi connectivity index (χ3n) is 2.88. The molecule has 1 N–H and O–H groups in total. The second-order valence-corrected chi connectivity index (χ2v) is 6.63. The molecule has 0 atom stereocenters. The van der Waals surface area contributed by atoms with E-state index in [0.717, 1.165) is 21.8 Å². The fraction of sp³-hybridized carbons (Fsp3) is 0.714. The summed E-state index contributed by atoms with van der Waals surface area (Å²) in [4.78, 5) is 17.8. The molecule has 19 heavy (non-hydrogen) atoms. The summed E-state index contributed by atoms with van der Waals surface area (Å²) in [5, 5.41) is 1.98. The number of aryl methyl sites for hydroxylation is 1. The van der Waals surface area contributed by atoms with Gasteiger partial charge in [0, 0.05) is 11.0 Å². The van der Waals surface area contributed by atoms with Gasteiger partial charge in [-0.3, -0.25) is 0 Å². The van der Waals surface area contributed by atoms with Crippen LogP contribution in [0.5, 0.6) is 0 Å². The highest BCUT2D eigenvalue weighted by molar-refractivity contribution is 9.09. The highest BCUT2D eigenvalue weighted by Crippen LogP contribution is 2.17. The molecule has 0 aliphatic heterocycles. The van der Waals surface area contributed by atoms with E-state index >= 15 is 0 Å². The molecule has 3 nitrogen and oxygen atoms in total. The van der Waals surface area contributed by atoms with Crippen LogP contribution in [0.4, 0.5) is 0 Å². The molecule has 0 amide bonds. The average Bonchev–Trinajstić information content (AvgIpc) is 2.36. The number of hydrogen-bond donors (Lipinski definition) is 1. The first-order valence-corrected chi connectivity index (χ1v) is 9.10. The Kier molecular flexibility index (Phi) is 9.26. The first-order valence-electron chi connectivity index (χ1n) is 6.99. The number of hydrogen-bond acceptors (Lipinski definition) is 3. The lowest BCUT2D eigenvalue weighted by Crippen LogP contribution is -2.11. The van der Waals surface area contributed by atoms with Crippen molar-refractivity contribution in [3.05, 3.63) is 22.2 Å². The molecular weight excluding hydrogens is 324 g/mol. The van der Waals surface area contributed by atoms with Gasteiger partial charge in [0.1, 0.15) is 5.03 Å². The molecule has 0 saturated carbocycles. The van der Waals surface area contributed by atoms with E-state index in [1.54, 1.807) is 11.8 Å². The molecule has 1 aromatic rings. The van der Waals surface area contributed by atoms with E-state index in [1.807, 2.05) is 13.0 Å². The van der Waals surface area contributed by atoms with Gasteiger partial charge >= 0.3 is 5.69 Å². The Hall–Kier alpha value is -0.290. The normalized spacial score (nSPS) is 10.8.